The summed E-state index contributed by atoms with van der Waals surface area (Å²) in [5, 5.41) is 3.31. The first-order chi connectivity index (χ1) is 9.76. The van der Waals surface area contributed by atoms with E-state index in [9.17, 15) is 4.79 Å². The highest BCUT2D eigenvalue weighted by atomic mass is 16.5. The van der Waals surface area contributed by atoms with Gasteiger partial charge in [-0.25, -0.2) is 0 Å². The smallest absolute Gasteiger partial charge is 0.166 e. The topological polar surface area (TPSA) is 38.3 Å². The number of hydrogen-bond donors (Lipinski definition) is 1. The van der Waals surface area contributed by atoms with Crippen molar-refractivity contribution in [1.29, 1.82) is 0 Å². The van der Waals surface area contributed by atoms with Crippen molar-refractivity contribution in [3.8, 4) is 5.75 Å². The molecule has 1 N–H and O–H groups in total. The van der Waals surface area contributed by atoms with E-state index >= 15 is 0 Å². The summed E-state index contributed by atoms with van der Waals surface area (Å²) in [4.78, 5) is 12.6. The lowest BCUT2D eigenvalue weighted by Crippen LogP contribution is -2.32. The second kappa shape index (κ2) is 7.44. The third-order valence-corrected chi connectivity index (χ3v) is 3.91. The van der Waals surface area contributed by atoms with E-state index in [1.807, 2.05) is 18.2 Å². The summed E-state index contributed by atoms with van der Waals surface area (Å²) in [5.74, 6) is 1.37. The number of aryl methyl sites for hydroxylation is 1. The molecule has 0 saturated carbocycles. The van der Waals surface area contributed by atoms with E-state index < -0.39 is 0 Å². The molecule has 1 aliphatic heterocycles. The van der Waals surface area contributed by atoms with Crippen LogP contribution in [0.15, 0.2) is 18.2 Å². The molecule has 1 aromatic carbocycles. The molecule has 0 bridgehead atoms. The maximum absolute atomic E-state index is 12.6. The van der Waals surface area contributed by atoms with Crippen LogP contribution in [0.5, 0.6) is 5.75 Å². The Balaban J connectivity index is 2.15. The molecule has 0 atom stereocenters. The molecule has 0 unspecified atom stereocenters. The zero-order chi connectivity index (χ0) is 14.4. The van der Waals surface area contributed by atoms with Crippen molar-refractivity contribution in [2.45, 2.75) is 39.5 Å². The SMILES string of the molecule is CCCOc1ccc(C(=O)C2CCNCC2)c(CC)c1. The van der Waals surface area contributed by atoms with Gasteiger partial charge in [0.1, 0.15) is 5.75 Å². The molecular formula is C17H25NO2. The van der Waals surface area contributed by atoms with Crippen LogP contribution < -0.4 is 10.1 Å². The predicted octanol–water partition coefficient (Wildman–Crippen LogP) is 3.22. The van der Waals surface area contributed by atoms with Crippen molar-refractivity contribution in [3.05, 3.63) is 29.3 Å². The summed E-state index contributed by atoms with van der Waals surface area (Å²) in [6.45, 7) is 6.82. The number of carbonyl (C=O) groups is 1. The third-order valence-electron chi connectivity index (χ3n) is 3.91. The lowest BCUT2D eigenvalue weighted by atomic mass is 9.87. The minimum absolute atomic E-state index is 0.184. The Morgan fingerprint density at radius 2 is 2.05 bits per heavy atom. The van der Waals surface area contributed by atoms with Gasteiger partial charge in [-0.1, -0.05) is 13.8 Å². The normalized spacial score (nSPS) is 16.1. The highest BCUT2D eigenvalue weighted by Crippen LogP contribution is 2.24. The molecule has 1 saturated heterocycles. The number of hydrogen-bond acceptors (Lipinski definition) is 3. The van der Waals surface area contributed by atoms with Gasteiger partial charge in [0, 0.05) is 11.5 Å². The van der Waals surface area contributed by atoms with Gasteiger partial charge in [-0.15, -0.1) is 0 Å². The molecule has 1 heterocycles. The fraction of sp³-hybridized carbons (Fsp3) is 0.588. The van der Waals surface area contributed by atoms with Gasteiger partial charge in [0.15, 0.2) is 5.78 Å². The number of rotatable bonds is 6. The second-order valence-electron chi connectivity index (χ2n) is 5.41. The molecule has 2 rings (SSSR count). The monoisotopic (exact) mass is 275 g/mol. The summed E-state index contributed by atoms with van der Waals surface area (Å²) in [6, 6.07) is 5.92. The van der Waals surface area contributed by atoms with Crippen LogP contribution in [0.3, 0.4) is 0 Å². The van der Waals surface area contributed by atoms with E-state index in [0.29, 0.717) is 5.78 Å². The standard InChI is InChI=1S/C17H25NO2/c1-3-11-20-15-5-6-16(13(4-2)12-15)17(19)14-7-9-18-10-8-14/h5-6,12,14,18H,3-4,7-11H2,1-2H3. The van der Waals surface area contributed by atoms with Crippen molar-refractivity contribution in [2.75, 3.05) is 19.7 Å². The largest absolute Gasteiger partial charge is 0.494 e. The van der Waals surface area contributed by atoms with Crippen molar-refractivity contribution in [3.63, 3.8) is 0 Å². The molecular weight excluding hydrogens is 250 g/mol. The van der Waals surface area contributed by atoms with Crippen LogP contribution in [0, 0.1) is 5.92 Å². The maximum atomic E-state index is 12.6. The molecule has 0 spiro atoms. The van der Waals surface area contributed by atoms with Gasteiger partial charge in [-0.2, -0.15) is 0 Å². The van der Waals surface area contributed by atoms with Gasteiger partial charge in [0.25, 0.3) is 0 Å². The number of benzene rings is 1. The van der Waals surface area contributed by atoms with Crippen molar-refractivity contribution in [1.82, 2.24) is 5.32 Å². The van der Waals surface area contributed by atoms with Gasteiger partial charge >= 0.3 is 0 Å². The van der Waals surface area contributed by atoms with Crippen LogP contribution in [0.25, 0.3) is 0 Å². The van der Waals surface area contributed by atoms with Gasteiger partial charge in [0.2, 0.25) is 0 Å². The van der Waals surface area contributed by atoms with Crippen LogP contribution in [-0.4, -0.2) is 25.5 Å². The highest BCUT2D eigenvalue weighted by molar-refractivity contribution is 5.99. The molecule has 1 fully saturated rings. The summed E-state index contributed by atoms with van der Waals surface area (Å²) in [6.07, 6.45) is 3.78. The zero-order valence-corrected chi connectivity index (χ0v) is 12.6. The molecule has 3 heteroatoms. The maximum Gasteiger partial charge on any atom is 0.166 e. The number of ketones is 1. The second-order valence-corrected chi connectivity index (χ2v) is 5.41. The third kappa shape index (κ3) is 3.60. The first-order valence-electron chi connectivity index (χ1n) is 7.77. The minimum Gasteiger partial charge on any atom is -0.494 e. The van der Waals surface area contributed by atoms with Crippen LogP contribution in [0.1, 0.15) is 49.0 Å². The van der Waals surface area contributed by atoms with E-state index in [1.165, 1.54) is 0 Å². The Hall–Kier alpha value is -1.35. The summed E-state index contributed by atoms with van der Waals surface area (Å²) in [7, 11) is 0. The number of carbonyl (C=O) groups excluding carboxylic acids is 1. The molecule has 0 radical (unpaired) electrons. The average molecular weight is 275 g/mol. The first-order valence-corrected chi connectivity index (χ1v) is 7.77. The van der Waals surface area contributed by atoms with E-state index in [0.717, 1.165) is 62.3 Å². The number of nitrogens with one attached hydrogen (secondary N) is 1. The molecule has 20 heavy (non-hydrogen) atoms. The van der Waals surface area contributed by atoms with Crippen LogP contribution in [-0.2, 0) is 6.42 Å². The van der Waals surface area contributed by atoms with E-state index in [4.69, 9.17) is 4.74 Å². The summed E-state index contributed by atoms with van der Waals surface area (Å²) >= 11 is 0. The van der Waals surface area contributed by atoms with E-state index in [2.05, 4.69) is 19.2 Å². The van der Waals surface area contributed by atoms with E-state index in [1.54, 1.807) is 0 Å². The van der Waals surface area contributed by atoms with Crippen molar-refractivity contribution < 1.29 is 9.53 Å². The fourth-order valence-corrected chi connectivity index (χ4v) is 2.72. The van der Waals surface area contributed by atoms with Crippen molar-refractivity contribution >= 4 is 5.78 Å². The molecule has 1 aliphatic rings. The molecule has 0 amide bonds. The zero-order valence-electron chi connectivity index (χ0n) is 12.6. The lowest BCUT2D eigenvalue weighted by Gasteiger charge is -2.22. The molecule has 0 aliphatic carbocycles. The van der Waals surface area contributed by atoms with Gasteiger partial charge < -0.3 is 10.1 Å². The van der Waals surface area contributed by atoms with Gasteiger partial charge in [-0.3, -0.25) is 4.79 Å². The fourth-order valence-electron chi connectivity index (χ4n) is 2.72. The Labute approximate surface area is 121 Å². The van der Waals surface area contributed by atoms with Gasteiger partial charge in [0.05, 0.1) is 6.61 Å². The number of piperidine rings is 1. The summed E-state index contributed by atoms with van der Waals surface area (Å²) in [5.41, 5.74) is 2.00. The quantitative estimate of drug-likeness (QED) is 0.810. The molecule has 0 aromatic heterocycles. The summed E-state index contributed by atoms with van der Waals surface area (Å²) < 4.78 is 5.66. The Morgan fingerprint density at radius 3 is 2.70 bits per heavy atom. The van der Waals surface area contributed by atoms with Crippen molar-refractivity contribution in [2.24, 2.45) is 5.92 Å². The average Bonchev–Trinajstić information content (AvgIpc) is 2.52. The van der Waals surface area contributed by atoms with Gasteiger partial charge in [-0.05, 0) is 62.5 Å². The first kappa shape index (κ1) is 15.0. The Kier molecular flexibility index (Phi) is 5.60. The molecule has 3 nitrogen and oxygen atoms in total. The number of Topliss-reactive ketones (excluding diaryl/α,β-unsaturated/α-hetero) is 1. The van der Waals surface area contributed by atoms with Crippen LogP contribution >= 0.6 is 0 Å². The number of ether oxygens (including phenoxy) is 1. The Bertz CT molecular complexity index is 450. The molecule has 110 valence electrons. The van der Waals surface area contributed by atoms with Crippen LogP contribution in [0.4, 0.5) is 0 Å². The predicted molar refractivity (Wildman–Crippen MR) is 81.5 cm³/mol. The highest BCUT2D eigenvalue weighted by Gasteiger charge is 2.23. The minimum atomic E-state index is 0.184. The molecule has 1 aromatic rings. The lowest BCUT2D eigenvalue weighted by molar-refractivity contribution is 0.0894. The van der Waals surface area contributed by atoms with E-state index in [-0.39, 0.29) is 5.92 Å². The Morgan fingerprint density at radius 1 is 1.30 bits per heavy atom. The van der Waals surface area contributed by atoms with Crippen LogP contribution in [0.2, 0.25) is 0 Å².